The number of hydrogen-bond acceptors (Lipinski definition) is 3. The minimum atomic E-state index is 0.195. The Morgan fingerprint density at radius 1 is 1.44 bits per heavy atom. The van der Waals surface area contributed by atoms with Gasteiger partial charge in [-0.05, 0) is 43.5 Å². The van der Waals surface area contributed by atoms with Crippen LogP contribution in [0, 0.1) is 5.92 Å². The van der Waals surface area contributed by atoms with Crippen molar-refractivity contribution in [2.75, 3.05) is 13.6 Å². The van der Waals surface area contributed by atoms with Gasteiger partial charge in [-0.3, -0.25) is 9.88 Å². The van der Waals surface area contributed by atoms with Crippen molar-refractivity contribution in [2.24, 2.45) is 11.7 Å². The van der Waals surface area contributed by atoms with E-state index in [2.05, 4.69) is 36.0 Å². The van der Waals surface area contributed by atoms with Gasteiger partial charge in [0.2, 0.25) is 0 Å². The molecule has 1 heterocycles. The molecule has 100 valence electrons. The minimum Gasteiger partial charge on any atom is -0.329 e. The molecule has 0 aromatic carbocycles. The minimum absolute atomic E-state index is 0.195. The average molecular weight is 247 g/mol. The van der Waals surface area contributed by atoms with Crippen LogP contribution < -0.4 is 5.73 Å². The van der Waals surface area contributed by atoms with E-state index in [1.165, 1.54) is 31.2 Å². The van der Waals surface area contributed by atoms with E-state index in [4.69, 9.17) is 5.73 Å². The highest BCUT2D eigenvalue weighted by Gasteiger charge is 2.37. The highest BCUT2D eigenvalue weighted by Crippen LogP contribution is 2.36. The number of nitrogens with two attached hydrogens (primary N) is 1. The maximum atomic E-state index is 6.10. The largest absolute Gasteiger partial charge is 0.329 e. The lowest BCUT2D eigenvalue weighted by atomic mass is 9.75. The normalized spacial score (nSPS) is 28.6. The van der Waals surface area contributed by atoms with Crippen LogP contribution in [0.25, 0.3) is 0 Å². The lowest BCUT2D eigenvalue weighted by Gasteiger charge is -2.46. The Hall–Kier alpha value is -0.930. The van der Waals surface area contributed by atoms with Crippen molar-refractivity contribution >= 4 is 0 Å². The van der Waals surface area contributed by atoms with Gasteiger partial charge in [0.05, 0.1) is 0 Å². The summed E-state index contributed by atoms with van der Waals surface area (Å²) >= 11 is 0. The van der Waals surface area contributed by atoms with Gasteiger partial charge in [-0.2, -0.15) is 0 Å². The van der Waals surface area contributed by atoms with Crippen LogP contribution in [0.1, 0.15) is 38.2 Å². The smallest absolute Gasteiger partial charge is 0.0334 e. The van der Waals surface area contributed by atoms with Gasteiger partial charge in [-0.25, -0.2) is 0 Å². The zero-order valence-electron chi connectivity index (χ0n) is 11.6. The van der Waals surface area contributed by atoms with Gasteiger partial charge in [0.1, 0.15) is 0 Å². The van der Waals surface area contributed by atoms with Crippen LogP contribution in [0.2, 0.25) is 0 Å². The third-order valence-electron chi connectivity index (χ3n) is 4.43. The summed E-state index contributed by atoms with van der Waals surface area (Å²) in [6.07, 6.45) is 8.84. The van der Waals surface area contributed by atoms with Crippen molar-refractivity contribution in [3.05, 3.63) is 30.1 Å². The van der Waals surface area contributed by atoms with Crippen LogP contribution in [0.4, 0.5) is 0 Å². The van der Waals surface area contributed by atoms with E-state index in [9.17, 15) is 0 Å². The number of nitrogens with zero attached hydrogens (tertiary/aromatic N) is 2. The van der Waals surface area contributed by atoms with Gasteiger partial charge in [-0.15, -0.1) is 0 Å². The molecule has 0 amide bonds. The van der Waals surface area contributed by atoms with Crippen LogP contribution in [0.5, 0.6) is 0 Å². The molecule has 2 atom stereocenters. The fraction of sp³-hybridized carbons (Fsp3) is 0.667. The molecular formula is C15H25N3. The van der Waals surface area contributed by atoms with Crippen molar-refractivity contribution in [2.45, 2.75) is 44.7 Å². The van der Waals surface area contributed by atoms with E-state index in [1.807, 2.05) is 12.4 Å². The van der Waals surface area contributed by atoms with Gasteiger partial charge < -0.3 is 5.73 Å². The van der Waals surface area contributed by atoms with Crippen molar-refractivity contribution in [1.82, 2.24) is 9.88 Å². The molecule has 0 spiro atoms. The molecule has 1 aromatic heterocycles. The van der Waals surface area contributed by atoms with Crippen molar-refractivity contribution in [3.63, 3.8) is 0 Å². The van der Waals surface area contributed by atoms with Crippen molar-refractivity contribution in [1.29, 1.82) is 0 Å². The molecule has 0 radical (unpaired) electrons. The number of rotatable bonds is 4. The lowest BCUT2D eigenvalue weighted by Crippen LogP contribution is -2.54. The highest BCUT2D eigenvalue weighted by atomic mass is 15.2. The molecule has 1 saturated carbocycles. The predicted molar refractivity (Wildman–Crippen MR) is 75.1 cm³/mol. The van der Waals surface area contributed by atoms with E-state index in [0.29, 0.717) is 0 Å². The number of hydrogen-bond donors (Lipinski definition) is 1. The van der Waals surface area contributed by atoms with Gasteiger partial charge in [0, 0.05) is 31.0 Å². The first-order chi connectivity index (χ1) is 8.66. The second-order valence-corrected chi connectivity index (χ2v) is 5.84. The van der Waals surface area contributed by atoms with E-state index in [1.54, 1.807) is 0 Å². The molecule has 0 saturated heterocycles. The molecule has 1 aliphatic rings. The first-order valence-corrected chi connectivity index (χ1v) is 6.96. The maximum absolute atomic E-state index is 6.10. The number of likely N-dealkylation sites (N-methyl/N-ethyl adjacent to an activating group) is 1. The van der Waals surface area contributed by atoms with Crippen molar-refractivity contribution < 1.29 is 0 Å². The molecule has 1 fully saturated rings. The zero-order valence-corrected chi connectivity index (χ0v) is 11.6. The van der Waals surface area contributed by atoms with Crippen LogP contribution in [0.15, 0.2) is 24.5 Å². The first-order valence-electron chi connectivity index (χ1n) is 6.96. The third-order valence-corrected chi connectivity index (χ3v) is 4.43. The van der Waals surface area contributed by atoms with Crippen LogP contribution >= 0.6 is 0 Å². The zero-order chi connectivity index (χ0) is 13.0. The maximum Gasteiger partial charge on any atom is 0.0334 e. The first kappa shape index (κ1) is 13.5. The quantitative estimate of drug-likeness (QED) is 0.888. The van der Waals surface area contributed by atoms with Crippen LogP contribution in [-0.4, -0.2) is 29.0 Å². The molecule has 1 aliphatic carbocycles. The molecule has 1 aromatic rings. The Morgan fingerprint density at radius 2 is 2.17 bits per heavy atom. The molecular weight excluding hydrogens is 222 g/mol. The highest BCUT2D eigenvalue weighted by molar-refractivity contribution is 5.10. The van der Waals surface area contributed by atoms with Crippen molar-refractivity contribution in [3.8, 4) is 0 Å². The summed E-state index contributed by atoms with van der Waals surface area (Å²) in [4.78, 5) is 6.53. The van der Waals surface area contributed by atoms with Gasteiger partial charge in [0.25, 0.3) is 0 Å². The van der Waals surface area contributed by atoms with E-state index >= 15 is 0 Å². The SMILES string of the molecule is CC1CCCC(CN)(N(C)Cc2ccncc2)C1. The molecule has 18 heavy (non-hydrogen) atoms. The monoisotopic (exact) mass is 247 g/mol. The summed E-state index contributed by atoms with van der Waals surface area (Å²) in [6, 6.07) is 4.18. The van der Waals surface area contributed by atoms with Gasteiger partial charge >= 0.3 is 0 Å². The van der Waals surface area contributed by atoms with Gasteiger partial charge in [0.15, 0.2) is 0 Å². The number of aromatic nitrogens is 1. The Balaban J connectivity index is 2.07. The average Bonchev–Trinajstić information content (AvgIpc) is 2.39. The van der Waals surface area contributed by atoms with E-state index < -0.39 is 0 Å². The summed E-state index contributed by atoms with van der Waals surface area (Å²) in [6.45, 7) is 4.08. The van der Waals surface area contributed by atoms with Crippen LogP contribution in [0.3, 0.4) is 0 Å². The fourth-order valence-corrected chi connectivity index (χ4v) is 3.25. The fourth-order valence-electron chi connectivity index (χ4n) is 3.25. The summed E-state index contributed by atoms with van der Waals surface area (Å²) < 4.78 is 0. The standard InChI is InChI=1S/C15H25N3/c1-13-4-3-7-15(10-13,12-16)18(2)11-14-5-8-17-9-6-14/h5-6,8-9,13H,3-4,7,10-12,16H2,1-2H3. The van der Waals surface area contributed by atoms with E-state index in [0.717, 1.165) is 19.0 Å². The molecule has 3 heteroatoms. The second kappa shape index (κ2) is 5.81. The van der Waals surface area contributed by atoms with E-state index in [-0.39, 0.29) is 5.54 Å². The molecule has 3 nitrogen and oxygen atoms in total. The topological polar surface area (TPSA) is 42.1 Å². The van der Waals surface area contributed by atoms with Gasteiger partial charge in [-0.1, -0.05) is 19.8 Å². The van der Waals surface area contributed by atoms with Crippen LogP contribution in [-0.2, 0) is 6.54 Å². The second-order valence-electron chi connectivity index (χ2n) is 5.84. The molecule has 2 rings (SSSR count). The Bertz CT molecular complexity index is 365. The Morgan fingerprint density at radius 3 is 2.78 bits per heavy atom. The Kier molecular flexibility index (Phi) is 4.36. The lowest BCUT2D eigenvalue weighted by molar-refractivity contribution is 0.0554. The molecule has 2 unspecified atom stereocenters. The predicted octanol–water partition coefficient (Wildman–Crippen LogP) is 2.42. The molecule has 0 bridgehead atoms. The molecule has 2 N–H and O–H groups in total. The summed E-state index contributed by atoms with van der Waals surface area (Å²) in [5.74, 6) is 0.794. The number of pyridine rings is 1. The molecule has 0 aliphatic heterocycles. The Labute approximate surface area is 110 Å². The summed E-state index contributed by atoms with van der Waals surface area (Å²) in [5.41, 5.74) is 7.61. The third kappa shape index (κ3) is 2.90. The summed E-state index contributed by atoms with van der Waals surface area (Å²) in [5, 5.41) is 0. The summed E-state index contributed by atoms with van der Waals surface area (Å²) in [7, 11) is 2.21.